The number of amides is 1. The van der Waals surface area contributed by atoms with Gasteiger partial charge in [0.05, 0.1) is 18.8 Å². The van der Waals surface area contributed by atoms with Gasteiger partial charge in [0.2, 0.25) is 0 Å². The van der Waals surface area contributed by atoms with Gasteiger partial charge in [0.15, 0.2) is 11.5 Å². The van der Waals surface area contributed by atoms with E-state index in [2.05, 4.69) is 30.8 Å². The lowest BCUT2D eigenvalue weighted by molar-refractivity contribution is 0.0398. The van der Waals surface area contributed by atoms with Crippen molar-refractivity contribution >= 4 is 17.4 Å². The Bertz CT molecular complexity index is 1000. The SMILES string of the molecule is O=C(NCCc1nnc2ccc(NCCN3CCOCC3)nn12)c1ccccc1F. The molecule has 158 valence electrons. The van der Waals surface area contributed by atoms with Crippen molar-refractivity contribution in [3.8, 4) is 0 Å². The number of hydrogen-bond acceptors (Lipinski definition) is 7. The predicted octanol–water partition coefficient (Wildman–Crippen LogP) is 0.980. The molecule has 4 rings (SSSR count). The van der Waals surface area contributed by atoms with Crippen LogP contribution in [0.1, 0.15) is 16.2 Å². The van der Waals surface area contributed by atoms with Gasteiger partial charge in [-0.1, -0.05) is 12.1 Å². The second-order valence-corrected chi connectivity index (χ2v) is 6.97. The Hall–Kier alpha value is -3.11. The molecule has 2 aromatic heterocycles. The maximum Gasteiger partial charge on any atom is 0.254 e. The largest absolute Gasteiger partial charge is 0.379 e. The summed E-state index contributed by atoms with van der Waals surface area (Å²) in [7, 11) is 0. The van der Waals surface area contributed by atoms with Crippen molar-refractivity contribution in [3.63, 3.8) is 0 Å². The van der Waals surface area contributed by atoms with E-state index in [1.165, 1.54) is 12.1 Å². The number of halogens is 1. The topological polar surface area (TPSA) is 96.7 Å². The van der Waals surface area contributed by atoms with Crippen molar-refractivity contribution in [1.29, 1.82) is 0 Å². The Balaban J connectivity index is 1.32. The highest BCUT2D eigenvalue weighted by atomic mass is 19.1. The monoisotopic (exact) mass is 413 g/mol. The minimum Gasteiger partial charge on any atom is -0.379 e. The smallest absolute Gasteiger partial charge is 0.254 e. The molecule has 0 unspecified atom stereocenters. The molecule has 0 bridgehead atoms. The summed E-state index contributed by atoms with van der Waals surface area (Å²) in [4.78, 5) is 14.5. The third-order valence-corrected chi connectivity index (χ3v) is 4.92. The van der Waals surface area contributed by atoms with Crippen LogP contribution in [0.15, 0.2) is 36.4 Å². The fourth-order valence-corrected chi connectivity index (χ4v) is 3.28. The van der Waals surface area contributed by atoms with E-state index in [4.69, 9.17) is 4.74 Å². The number of rotatable bonds is 8. The second kappa shape index (κ2) is 9.59. The summed E-state index contributed by atoms with van der Waals surface area (Å²) in [5.41, 5.74) is 0.651. The number of nitrogens with zero attached hydrogens (tertiary/aromatic N) is 5. The van der Waals surface area contributed by atoms with Gasteiger partial charge in [0.1, 0.15) is 11.6 Å². The number of benzene rings is 1. The van der Waals surface area contributed by atoms with Gasteiger partial charge in [-0.3, -0.25) is 9.69 Å². The van der Waals surface area contributed by atoms with Crippen LogP contribution in [0.3, 0.4) is 0 Å². The highest BCUT2D eigenvalue weighted by Crippen LogP contribution is 2.09. The van der Waals surface area contributed by atoms with Crippen LogP contribution < -0.4 is 10.6 Å². The molecule has 3 heterocycles. The van der Waals surface area contributed by atoms with Crippen LogP contribution in [0.25, 0.3) is 5.65 Å². The molecule has 1 aliphatic rings. The normalized spacial score (nSPS) is 14.7. The Kier molecular flexibility index (Phi) is 6.45. The number of carbonyl (C=O) groups is 1. The summed E-state index contributed by atoms with van der Waals surface area (Å²) in [5.74, 6) is 0.348. The Labute approximate surface area is 173 Å². The Morgan fingerprint density at radius 3 is 2.77 bits per heavy atom. The molecule has 0 aliphatic carbocycles. The fraction of sp³-hybridized carbons (Fsp3) is 0.400. The first-order valence-electron chi connectivity index (χ1n) is 9.99. The van der Waals surface area contributed by atoms with E-state index in [0.29, 0.717) is 24.4 Å². The first-order valence-corrected chi connectivity index (χ1v) is 9.99. The van der Waals surface area contributed by atoms with Crippen molar-refractivity contribution in [2.75, 3.05) is 51.3 Å². The third kappa shape index (κ3) is 4.89. The van der Waals surface area contributed by atoms with Gasteiger partial charge in [-0.25, -0.2) is 4.39 Å². The van der Waals surface area contributed by atoms with Gasteiger partial charge in [-0.15, -0.1) is 15.3 Å². The van der Waals surface area contributed by atoms with Crippen LogP contribution in [0.2, 0.25) is 0 Å². The summed E-state index contributed by atoms with van der Waals surface area (Å²) in [6.07, 6.45) is 0.422. The van der Waals surface area contributed by atoms with E-state index >= 15 is 0 Å². The molecule has 30 heavy (non-hydrogen) atoms. The van der Waals surface area contributed by atoms with Crippen molar-refractivity contribution in [1.82, 2.24) is 30.0 Å². The molecular weight excluding hydrogens is 389 g/mol. The van der Waals surface area contributed by atoms with Gasteiger partial charge in [0.25, 0.3) is 5.91 Å². The molecule has 3 aromatic rings. The Morgan fingerprint density at radius 2 is 1.93 bits per heavy atom. The summed E-state index contributed by atoms with van der Waals surface area (Å²) < 4.78 is 20.7. The van der Waals surface area contributed by atoms with E-state index in [1.807, 2.05) is 12.1 Å². The molecule has 0 atom stereocenters. The maximum absolute atomic E-state index is 13.7. The molecule has 10 heteroatoms. The standard InChI is InChI=1S/C20H24FN7O2/c21-16-4-2-1-3-15(16)20(29)23-8-7-19-25-24-18-6-5-17(26-28(18)19)22-9-10-27-11-13-30-14-12-27/h1-6H,7-14H2,(H,22,26)(H,23,29). The number of morpholine rings is 1. The van der Waals surface area contributed by atoms with Crippen molar-refractivity contribution in [3.05, 3.63) is 53.6 Å². The molecule has 1 saturated heterocycles. The van der Waals surface area contributed by atoms with Gasteiger partial charge in [-0.2, -0.15) is 4.52 Å². The molecule has 1 fully saturated rings. The van der Waals surface area contributed by atoms with Crippen LogP contribution in [0, 0.1) is 5.82 Å². The lowest BCUT2D eigenvalue weighted by Crippen LogP contribution is -2.39. The first kappa shape index (κ1) is 20.2. The molecule has 0 spiro atoms. The highest BCUT2D eigenvalue weighted by Gasteiger charge is 2.13. The second-order valence-electron chi connectivity index (χ2n) is 6.97. The van der Waals surface area contributed by atoms with Crippen LogP contribution >= 0.6 is 0 Å². The van der Waals surface area contributed by atoms with E-state index < -0.39 is 11.7 Å². The lowest BCUT2D eigenvalue weighted by Gasteiger charge is -2.26. The number of aromatic nitrogens is 4. The zero-order valence-corrected chi connectivity index (χ0v) is 16.6. The zero-order chi connectivity index (χ0) is 20.8. The van der Waals surface area contributed by atoms with E-state index in [0.717, 1.165) is 45.2 Å². The molecule has 0 saturated carbocycles. The summed E-state index contributed by atoms with van der Waals surface area (Å²) in [6, 6.07) is 9.60. The molecule has 1 aromatic carbocycles. The van der Waals surface area contributed by atoms with E-state index in [-0.39, 0.29) is 5.56 Å². The third-order valence-electron chi connectivity index (χ3n) is 4.92. The predicted molar refractivity (Wildman–Crippen MR) is 109 cm³/mol. The van der Waals surface area contributed by atoms with Crippen molar-refractivity contribution in [2.45, 2.75) is 6.42 Å². The quantitative estimate of drug-likeness (QED) is 0.568. The average Bonchev–Trinajstić information content (AvgIpc) is 3.17. The van der Waals surface area contributed by atoms with E-state index in [1.54, 1.807) is 16.6 Å². The van der Waals surface area contributed by atoms with Crippen LogP contribution in [0.5, 0.6) is 0 Å². The van der Waals surface area contributed by atoms with E-state index in [9.17, 15) is 9.18 Å². The minimum atomic E-state index is -0.544. The maximum atomic E-state index is 13.7. The Morgan fingerprint density at radius 1 is 1.10 bits per heavy atom. The number of hydrogen-bond donors (Lipinski definition) is 2. The zero-order valence-electron chi connectivity index (χ0n) is 16.6. The fourth-order valence-electron chi connectivity index (χ4n) is 3.28. The number of anilines is 1. The summed E-state index contributed by atoms with van der Waals surface area (Å²) >= 11 is 0. The molecule has 2 N–H and O–H groups in total. The van der Waals surface area contributed by atoms with Gasteiger partial charge in [-0.05, 0) is 24.3 Å². The molecule has 0 radical (unpaired) electrons. The van der Waals surface area contributed by atoms with Crippen molar-refractivity contribution in [2.24, 2.45) is 0 Å². The number of fused-ring (bicyclic) bond motifs is 1. The number of ether oxygens (including phenoxy) is 1. The molecule has 1 amide bonds. The molecule has 1 aliphatic heterocycles. The van der Waals surface area contributed by atoms with Gasteiger partial charge >= 0.3 is 0 Å². The summed E-state index contributed by atoms with van der Waals surface area (Å²) in [5, 5.41) is 18.8. The van der Waals surface area contributed by atoms with Crippen LogP contribution in [-0.2, 0) is 11.2 Å². The highest BCUT2D eigenvalue weighted by molar-refractivity contribution is 5.94. The number of nitrogens with one attached hydrogen (secondary N) is 2. The summed E-state index contributed by atoms with van der Waals surface area (Å²) in [6.45, 7) is 5.44. The minimum absolute atomic E-state index is 0.0217. The van der Waals surface area contributed by atoms with Crippen LogP contribution in [-0.4, -0.2) is 76.6 Å². The lowest BCUT2D eigenvalue weighted by atomic mass is 10.2. The molecule has 9 nitrogen and oxygen atoms in total. The molecular formula is C20H24FN7O2. The first-order chi connectivity index (χ1) is 14.7. The average molecular weight is 413 g/mol. The van der Waals surface area contributed by atoms with Crippen molar-refractivity contribution < 1.29 is 13.9 Å². The number of carbonyl (C=O) groups excluding carboxylic acids is 1. The van der Waals surface area contributed by atoms with Gasteiger partial charge in [0, 0.05) is 39.1 Å². The van der Waals surface area contributed by atoms with Crippen LogP contribution in [0.4, 0.5) is 10.2 Å². The van der Waals surface area contributed by atoms with Gasteiger partial charge < -0.3 is 15.4 Å².